The minimum absolute atomic E-state index is 0.000398. The number of hydrogen-bond acceptors (Lipinski definition) is 5. The van der Waals surface area contributed by atoms with Gasteiger partial charge in [-0.2, -0.15) is 0 Å². The predicted octanol–water partition coefficient (Wildman–Crippen LogP) is 3.07. The Labute approximate surface area is 179 Å². The van der Waals surface area contributed by atoms with Crippen LogP contribution in [0, 0.1) is 5.92 Å². The first-order valence-electron chi connectivity index (χ1n) is 10.8. The summed E-state index contributed by atoms with van der Waals surface area (Å²) in [5.74, 6) is 0.153. The van der Waals surface area contributed by atoms with Crippen LogP contribution >= 0.6 is 0 Å². The summed E-state index contributed by atoms with van der Waals surface area (Å²) in [5, 5.41) is 14.8. The number of nitrogens with zero attached hydrogens (tertiary/aromatic N) is 3. The molecule has 0 aliphatic heterocycles. The van der Waals surface area contributed by atoms with Crippen LogP contribution in [-0.2, 0) is 22.6 Å². The van der Waals surface area contributed by atoms with Crippen LogP contribution in [0.5, 0.6) is 0 Å². The number of benzene rings is 1. The molecule has 164 valence electrons. The first-order valence-corrected chi connectivity index (χ1v) is 10.8. The van der Waals surface area contributed by atoms with E-state index in [0.717, 1.165) is 12.1 Å². The smallest absolute Gasteiger partial charge is 0.242 e. The summed E-state index contributed by atoms with van der Waals surface area (Å²) in [6, 6.07) is 10.1. The van der Waals surface area contributed by atoms with E-state index in [1.807, 2.05) is 45.2 Å². The van der Waals surface area contributed by atoms with Crippen molar-refractivity contribution in [2.75, 3.05) is 0 Å². The monoisotopic (exact) mass is 413 g/mol. The lowest BCUT2D eigenvalue weighted by Crippen LogP contribution is -2.43. The zero-order valence-corrected chi connectivity index (χ0v) is 18.8. The van der Waals surface area contributed by atoms with Crippen molar-refractivity contribution in [1.82, 2.24) is 25.6 Å². The lowest BCUT2D eigenvalue weighted by atomic mass is 9.99. The Hall–Kier alpha value is -2.54. The van der Waals surface area contributed by atoms with Gasteiger partial charge in [0.25, 0.3) is 0 Å². The van der Waals surface area contributed by atoms with Crippen molar-refractivity contribution >= 4 is 11.7 Å². The van der Waals surface area contributed by atoms with Crippen molar-refractivity contribution in [3.63, 3.8) is 0 Å². The average Bonchev–Trinajstić information content (AvgIpc) is 3.14. The lowest BCUT2D eigenvalue weighted by molar-refractivity contribution is -0.128. The van der Waals surface area contributed by atoms with E-state index in [1.165, 1.54) is 10.2 Å². The molecule has 2 N–H and O–H groups in total. The molecule has 2 atom stereocenters. The van der Waals surface area contributed by atoms with Gasteiger partial charge in [0.1, 0.15) is 6.54 Å². The summed E-state index contributed by atoms with van der Waals surface area (Å²) >= 11 is 0. The van der Waals surface area contributed by atoms with Gasteiger partial charge in [0.05, 0.1) is 24.0 Å². The van der Waals surface area contributed by atoms with Crippen molar-refractivity contribution in [3.8, 4) is 0 Å². The third-order valence-electron chi connectivity index (χ3n) is 4.82. The standard InChI is InChI=1S/C23H35N5O2/c1-6-22(29)20(12-16(2)3)25-23(30)15-28-14-21(26-27-28)19(24-17(4)5)13-18-10-8-7-9-11-18/h7-11,14,16-17,19-20,24H,6,12-13,15H2,1-5H3,(H,25,30)/t19-,20-/m0/s1. The molecule has 7 nitrogen and oxygen atoms in total. The number of carbonyl (C=O) groups is 2. The number of hydrogen-bond donors (Lipinski definition) is 2. The first-order chi connectivity index (χ1) is 14.3. The molecule has 0 saturated carbocycles. The van der Waals surface area contributed by atoms with Crippen LogP contribution in [0.2, 0.25) is 0 Å². The lowest BCUT2D eigenvalue weighted by Gasteiger charge is -2.19. The first kappa shape index (κ1) is 23.7. The predicted molar refractivity (Wildman–Crippen MR) is 118 cm³/mol. The van der Waals surface area contributed by atoms with E-state index in [-0.39, 0.29) is 30.3 Å². The van der Waals surface area contributed by atoms with Crippen molar-refractivity contribution in [2.45, 2.75) is 78.6 Å². The highest BCUT2D eigenvalue weighted by molar-refractivity contribution is 5.88. The molecular weight excluding hydrogens is 378 g/mol. The fourth-order valence-electron chi connectivity index (χ4n) is 3.43. The van der Waals surface area contributed by atoms with Crippen molar-refractivity contribution in [2.24, 2.45) is 5.92 Å². The van der Waals surface area contributed by atoms with Crippen molar-refractivity contribution in [1.29, 1.82) is 0 Å². The van der Waals surface area contributed by atoms with Gasteiger partial charge in [0.2, 0.25) is 5.91 Å². The summed E-state index contributed by atoms with van der Waals surface area (Å²) in [5.41, 5.74) is 2.00. The highest BCUT2D eigenvalue weighted by atomic mass is 16.2. The second-order valence-electron chi connectivity index (χ2n) is 8.47. The molecule has 1 heterocycles. The molecule has 0 fully saturated rings. The molecule has 0 unspecified atom stereocenters. The molecule has 2 rings (SSSR count). The molecule has 0 spiro atoms. The molecule has 1 aromatic carbocycles. The SMILES string of the molecule is CCC(=O)[C@H](CC(C)C)NC(=O)Cn1cc([C@H](Cc2ccccc2)NC(C)C)nn1. The topological polar surface area (TPSA) is 88.9 Å². The van der Waals surface area contributed by atoms with Gasteiger partial charge in [0, 0.05) is 12.5 Å². The van der Waals surface area contributed by atoms with Crippen LogP contribution in [0.3, 0.4) is 0 Å². The fourth-order valence-corrected chi connectivity index (χ4v) is 3.43. The summed E-state index contributed by atoms with van der Waals surface area (Å²) in [4.78, 5) is 24.7. The molecule has 2 aromatic rings. The zero-order chi connectivity index (χ0) is 22.1. The van der Waals surface area contributed by atoms with Crippen LogP contribution in [0.4, 0.5) is 0 Å². The van der Waals surface area contributed by atoms with Gasteiger partial charge in [-0.1, -0.05) is 70.2 Å². The van der Waals surface area contributed by atoms with E-state index < -0.39 is 6.04 Å². The Morgan fingerprint density at radius 3 is 2.40 bits per heavy atom. The number of rotatable bonds is 12. The maximum Gasteiger partial charge on any atom is 0.242 e. The summed E-state index contributed by atoms with van der Waals surface area (Å²) in [7, 11) is 0. The van der Waals surface area contributed by atoms with E-state index >= 15 is 0 Å². The maximum atomic E-state index is 12.5. The molecule has 0 aliphatic carbocycles. The van der Waals surface area contributed by atoms with Gasteiger partial charge in [-0.05, 0) is 24.3 Å². The van der Waals surface area contributed by atoms with Gasteiger partial charge in [0.15, 0.2) is 5.78 Å². The summed E-state index contributed by atoms with van der Waals surface area (Å²) in [6.07, 6.45) is 3.64. The van der Waals surface area contributed by atoms with E-state index in [2.05, 4.69) is 46.9 Å². The molecule has 0 radical (unpaired) electrons. The fraction of sp³-hybridized carbons (Fsp3) is 0.565. The van der Waals surface area contributed by atoms with Gasteiger partial charge in [-0.25, -0.2) is 4.68 Å². The molecular formula is C23H35N5O2. The van der Waals surface area contributed by atoms with E-state index in [9.17, 15) is 9.59 Å². The maximum absolute atomic E-state index is 12.5. The second kappa shape index (κ2) is 11.6. The number of nitrogens with one attached hydrogen (secondary N) is 2. The van der Waals surface area contributed by atoms with Crippen LogP contribution < -0.4 is 10.6 Å². The highest BCUT2D eigenvalue weighted by Crippen LogP contribution is 2.17. The Kier molecular flexibility index (Phi) is 9.17. The van der Waals surface area contributed by atoms with Gasteiger partial charge < -0.3 is 10.6 Å². The van der Waals surface area contributed by atoms with Crippen LogP contribution in [0.15, 0.2) is 36.5 Å². The van der Waals surface area contributed by atoms with E-state index in [4.69, 9.17) is 0 Å². The number of aromatic nitrogens is 3. The Bertz CT molecular complexity index is 801. The third kappa shape index (κ3) is 7.71. The number of ketones is 1. The van der Waals surface area contributed by atoms with Crippen LogP contribution in [-0.4, -0.2) is 38.8 Å². The number of Topliss-reactive ketones (excluding diaryl/α,β-unsaturated/α-hetero) is 1. The minimum Gasteiger partial charge on any atom is -0.345 e. The number of carbonyl (C=O) groups excluding carboxylic acids is 2. The van der Waals surface area contributed by atoms with Crippen molar-refractivity contribution in [3.05, 3.63) is 47.8 Å². The Balaban J connectivity index is 2.05. The van der Waals surface area contributed by atoms with Gasteiger partial charge in [-0.3, -0.25) is 9.59 Å². The minimum atomic E-state index is -0.445. The Morgan fingerprint density at radius 1 is 1.10 bits per heavy atom. The molecule has 1 aromatic heterocycles. The second-order valence-corrected chi connectivity index (χ2v) is 8.47. The third-order valence-corrected chi connectivity index (χ3v) is 4.82. The average molecular weight is 414 g/mol. The quantitative estimate of drug-likeness (QED) is 0.558. The van der Waals surface area contributed by atoms with Gasteiger partial charge in [-0.15, -0.1) is 5.10 Å². The highest BCUT2D eigenvalue weighted by Gasteiger charge is 2.22. The molecule has 30 heavy (non-hydrogen) atoms. The van der Waals surface area contributed by atoms with E-state index in [1.54, 1.807) is 0 Å². The molecule has 0 bridgehead atoms. The molecule has 7 heteroatoms. The van der Waals surface area contributed by atoms with Crippen LogP contribution in [0.25, 0.3) is 0 Å². The summed E-state index contributed by atoms with van der Waals surface area (Å²) in [6.45, 7) is 10.1. The zero-order valence-electron chi connectivity index (χ0n) is 18.8. The van der Waals surface area contributed by atoms with Gasteiger partial charge >= 0.3 is 0 Å². The normalized spacial score (nSPS) is 13.4. The largest absolute Gasteiger partial charge is 0.345 e. The van der Waals surface area contributed by atoms with Crippen molar-refractivity contribution < 1.29 is 9.59 Å². The summed E-state index contributed by atoms with van der Waals surface area (Å²) < 4.78 is 1.54. The Morgan fingerprint density at radius 2 is 1.80 bits per heavy atom. The molecule has 0 saturated heterocycles. The van der Waals surface area contributed by atoms with Crippen LogP contribution in [0.1, 0.15) is 64.8 Å². The molecule has 0 aliphatic rings. The molecule has 1 amide bonds. The number of amides is 1. The van der Waals surface area contributed by atoms with E-state index in [0.29, 0.717) is 18.8 Å².